The molecule has 0 spiro atoms. The molecule has 0 unspecified atom stereocenters. The van der Waals surface area contributed by atoms with E-state index in [9.17, 15) is 9.59 Å². The van der Waals surface area contributed by atoms with Crippen molar-refractivity contribution in [2.75, 3.05) is 77.5 Å². The van der Waals surface area contributed by atoms with Crippen molar-refractivity contribution < 1.29 is 18.9 Å². The lowest BCUT2D eigenvalue weighted by Crippen LogP contribution is -2.49. The van der Waals surface area contributed by atoms with Crippen LogP contribution >= 0.6 is 0 Å². The zero-order valence-corrected chi connectivity index (χ0v) is 32.7. The number of pyridine rings is 3. The Morgan fingerprint density at radius 2 is 1.25 bits per heavy atom. The fourth-order valence-electron chi connectivity index (χ4n) is 7.34. The molecule has 4 aromatic heterocycles. The monoisotopic (exact) mass is 759 g/mol. The Morgan fingerprint density at radius 3 is 1.89 bits per heavy atom. The number of ether oxygens (including phenoxy) is 4. The van der Waals surface area contributed by atoms with Crippen molar-refractivity contribution >= 4 is 22.5 Å². The molecule has 2 aliphatic heterocycles. The van der Waals surface area contributed by atoms with Crippen molar-refractivity contribution in [3.8, 4) is 45.4 Å². The van der Waals surface area contributed by atoms with Gasteiger partial charge in [-0.15, -0.1) is 0 Å². The lowest BCUT2D eigenvalue weighted by atomic mass is 10.1. The lowest BCUT2D eigenvalue weighted by Gasteiger charge is -2.33. The van der Waals surface area contributed by atoms with E-state index >= 15 is 0 Å². The summed E-state index contributed by atoms with van der Waals surface area (Å²) in [6.45, 7) is 9.92. The molecule has 2 aromatic carbocycles. The molecule has 6 aromatic rings. The van der Waals surface area contributed by atoms with Gasteiger partial charge in [0.2, 0.25) is 0 Å². The fraction of sp³-hybridized carbons (Fsp3) is 0.326. The first-order valence-corrected chi connectivity index (χ1v) is 18.8. The van der Waals surface area contributed by atoms with E-state index in [2.05, 4.69) is 45.3 Å². The molecule has 292 valence electrons. The van der Waals surface area contributed by atoms with Crippen LogP contribution < -0.4 is 50.5 Å². The number of hydrogen-bond donors (Lipinski definition) is 2. The highest BCUT2D eigenvalue weighted by molar-refractivity contribution is 5.72. The predicted octanol–water partition coefficient (Wildman–Crippen LogP) is 4.96. The average molecular weight is 760 g/mol. The van der Waals surface area contributed by atoms with Gasteiger partial charge in [0.25, 0.3) is 11.1 Å². The highest BCUT2D eigenvalue weighted by atomic mass is 16.5. The number of rotatable bonds is 8. The van der Waals surface area contributed by atoms with Crippen LogP contribution in [0.25, 0.3) is 33.5 Å². The third-order valence-electron chi connectivity index (χ3n) is 10.3. The first-order chi connectivity index (χ1) is 27.2. The summed E-state index contributed by atoms with van der Waals surface area (Å²) in [5, 5.41) is 6.88. The minimum absolute atomic E-state index is 0.0488. The summed E-state index contributed by atoms with van der Waals surface area (Å²) >= 11 is 0. The molecule has 0 radical (unpaired) electrons. The summed E-state index contributed by atoms with van der Waals surface area (Å²) in [5.41, 5.74) is 6.50. The molecular weight excluding hydrogens is 711 g/mol. The second kappa shape index (κ2) is 16.8. The predicted molar refractivity (Wildman–Crippen MR) is 222 cm³/mol. The maximum absolute atomic E-state index is 12.8. The van der Waals surface area contributed by atoms with Crippen LogP contribution in [-0.2, 0) is 0 Å². The van der Waals surface area contributed by atoms with Gasteiger partial charge in [-0.3, -0.25) is 18.4 Å². The summed E-state index contributed by atoms with van der Waals surface area (Å²) in [5.74, 6) is 2.61. The summed E-state index contributed by atoms with van der Waals surface area (Å²) < 4.78 is 24.7. The molecule has 13 nitrogen and oxygen atoms in total. The van der Waals surface area contributed by atoms with Gasteiger partial charge in [-0.25, -0.2) is 4.98 Å². The quantitative estimate of drug-likeness (QED) is 0.219. The van der Waals surface area contributed by atoms with Gasteiger partial charge in [0.05, 0.1) is 45.5 Å². The van der Waals surface area contributed by atoms with E-state index in [0.717, 1.165) is 72.9 Å². The van der Waals surface area contributed by atoms with Gasteiger partial charge in [0.15, 0.2) is 11.5 Å². The molecule has 2 aliphatic rings. The van der Waals surface area contributed by atoms with E-state index in [0.29, 0.717) is 46.4 Å². The number of hydrogen-bond acceptors (Lipinski definition) is 11. The van der Waals surface area contributed by atoms with Gasteiger partial charge >= 0.3 is 0 Å². The molecule has 0 bridgehead atoms. The summed E-state index contributed by atoms with van der Waals surface area (Å²) in [7, 11) is 6.41. The SMILES string of the molecule is COc1ccc(-c2cc(=O)n3cc(N4CCN[C@@H](C)C4)ccc3c2)cc1OC.COc1ccc(-c2cc(=O)n3cc(N4CCN[C@@H](C)C4)ccc3n2)c(OC)c1. The molecule has 2 saturated heterocycles. The van der Waals surface area contributed by atoms with Crippen LogP contribution in [0.1, 0.15) is 13.8 Å². The molecule has 56 heavy (non-hydrogen) atoms. The largest absolute Gasteiger partial charge is 0.497 e. The Morgan fingerprint density at radius 1 is 0.607 bits per heavy atom. The standard InChI is InChI=1S/C22H25N3O3.C21H24N4O3/c1-15-13-24(9-8-23-15)19-6-5-18-10-17(12-22(26)25(18)14-19)16-4-7-20(27-2)21(11-16)28-3;1-14-12-24(9-8-22-14)15-4-7-20-23-18(11-21(26)25(20)13-15)17-6-5-16(27-2)10-19(17)28-3/h4-7,10-12,14-15,23H,8-9,13H2,1-3H3;4-7,10-11,13-14,22H,8-9,12H2,1-3H3/t15-;14-/m00/s1. The van der Waals surface area contributed by atoms with Gasteiger partial charge in [0.1, 0.15) is 17.1 Å². The average Bonchev–Trinajstić information content (AvgIpc) is 3.23. The normalized spacial score (nSPS) is 17.0. The first kappa shape index (κ1) is 38.2. The number of aromatic nitrogens is 3. The third-order valence-corrected chi connectivity index (χ3v) is 10.3. The summed E-state index contributed by atoms with van der Waals surface area (Å²) in [6.07, 6.45) is 3.81. The van der Waals surface area contributed by atoms with Crippen molar-refractivity contribution in [3.63, 3.8) is 0 Å². The first-order valence-electron chi connectivity index (χ1n) is 18.8. The van der Waals surface area contributed by atoms with Crippen LogP contribution in [-0.4, -0.2) is 93.6 Å². The maximum atomic E-state index is 12.8. The smallest absolute Gasteiger partial charge is 0.258 e. The van der Waals surface area contributed by atoms with Gasteiger partial charge in [-0.05, 0) is 79.6 Å². The van der Waals surface area contributed by atoms with Gasteiger partial charge < -0.3 is 39.4 Å². The topological polar surface area (TPSA) is 123 Å². The molecular formula is C43H49N7O6. The van der Waals surface area contributed by atoms with Crippen LogP contribution in [0.15, 0.2) is 101 Å². The van der Waals surface area contributed by atoms with E-state index in [1.54, 1.807) is 55.4 Å². The van der Waals surface area contributed by atoms with Crippen LogP contribution in [0.4, 0.5) is 11.4 Å². The van der Waals surface area contributed by atoms with E-state index in [4.69, 9.17) is 18.9 Å². The van der Waals surface area contributed by atoms with Crippen molar-refractivity contribution in [2.24, 2.45) is 0 Å². The number of nitrogens with zero attached hydrogens (tertiary/aromatic N) is 5. The fourth-order valence-corrected chi connectivity index (χ4v) is 7.34. The Labute approximate surface area is 326 Å². The number of fused-ring (bicyclic) bond motifs is 2. The van der Waals surface area contributed by atoms with Crippen molar-refractivity contribution in [2.45, 2.75) is 25.9 Å². The van der Waals surface area contributed by atoms with E-state index < -0.39 is 0 Å². The summed E-state index contributed by atoms with van der Waals surface area (Å²) in [6, 6.07) is 25.2. The van der Waals surface area contributed by atoms with Gasteiger partial charge in [0, 0.05) is 93.0 Å². The molecule has 2 atom stereocenters. The Balaban J connectivity index is 0.000000172. The van der Waals surface area contributed by atoms with Crippen LogP contribution in [0.3, 0.4) is 0 Å². The lowest BCUT2D eigenvalue weighted by molar-refractivity contribution is 0.355. The minimum Gasteiger partial charge on any atom is -0.497 e. The number of methoxy groups -OCH3 is 4. The molecule has 0 amide bonds. The Kier molecular flexibility index (Phi) is 11.4. The third kappa shape index (κ3) is 8.14. The molecule has 13 heteroatoms. The number of piperazine rings is 2. The molecule has 2 N–H and O–H groups in total. The van der Waals surface area contributed by atoms with Crippen molar-refractivity contribution in [3.05, 3.63) is 112 Å². The van der Waals surface area contributed by atoms with Crippen molar-refractivity contribution in [1.29, 1.82) is 0 Å². The van der Waals surface area contributed by atoms with E-state index in [1.807, 2.05) is 67.0 Å². The van der Waals surface area contributed by atoms with E-state index in [-0.39, 0.29) is 11.1 Å². The zero-order valence-electron chi connectivity index (χ0n) is 32.7. The minimum atomic E-state index is -0.122. The maximum Gasteiger partial charge on any atom is 0.258 e. The van der Waals surface area contributed by atoms with Crippen LogP contribution in [0, 0.1) is 0 Å². The number of benzene rings is 2. The number of anilines is 2. The molecule has 6 heterocycles. The van der Waals surface area contributed by atoms with Crippen LogP contribution in [0.5, 0.6) is 23.0 Å². The Bertz CT molecular complexity index is 2470. The molecule has 2 fully saturated rings. The molecule has 0 aliphatic carbocycles. The van der Waals surface area contributed by atoms with Gasteiger partial charge in [-0.1, -0.05) is 6.07 Å². The highest BCUT2D eigenvalue weighted by Gasteiger charge is 2.19. The Hall–Kier alpha value is -6.05. The number of nitrogens with one attached hydrogen (secondary N) is 2. The van der Waals surface area contributed by atoms with Crippen molar-refractivity contribution in [1.82, 2.24) is 24.4 Å². The molecule has 0 saturated carbocycles. The van der Waals surface area contributed by atoms with Gasteiger partial charge in [-0.2, -0.15) is 0 Å². The zero-order chi connectivity index (χ0) is 39.3. The second-order valence-electron chi connectivity index (χ2n) is 14.1. The second-order valence-corrected chi connectivity index (χ2v) is 14.1. The van der Waals surface area contributed by atoms with E-state index in [1.165, 1.54) is 0 Å². The molecule has 8 rings (SSSR count). The highest BCUT2D eigenvalue weighted by Crippen LogP contribution is 2.33. The van der Waals surface area contributed by atoms with Crippen LogP contribution in [0.2, 0.25) is 0 Å². The summed E-state index contributed by atoms with van der Waals surface area (Å²) in [4.78, 5) is 34.9.